The Morgan fingerprint density at radius 2 is 1.17 bits per heavy atom. The fourth-order valence-corrected chi connectivity index (χ4v) is 8.08. The highest BCUT2D eigenvalue weighted by Gasteiger charge is 2.41. The highest BCUT2D eigenvalue weighted by atomic mass is 31.2. The van der Waals surface area contributed by atoms with E-state index in [-0.39, 0.29) is 5.75 Å². The largest absolute Gasteiger partial charge is 0.508 e. The van der Waals surface area contributed by atoms with Gasteiger partial charge in [-0.15, -0.1) is 0 Å². The van der Waals surface area contributed by atoms with E-state index in [1.807, 2.05) is 36.4 Å². The van der Waals surface area contributed by atoms with E-state index in [4.69, 9.17) is 0 Å². The van der Waals surface area contributed by atoms with Crippen LogP contribution >= 0.6 is 7.14 Å². The number of fused-ring (bicyclic) bond motifs is 1. The molecule has 0 saturated heterocycles. The van der Waals surface area contributed by atoms with E-state index in [2.05, 4.69) is 0 Å². The fraction of sp³-hybridized carbons (Fsp3) is 0.0667. The minimum absolute atomic E-state index is 0.0642. The van der Waals surface area contributed by atoms with Crippen LogP contribution in [0.4, 0.5) is 13.2 Å². The molecule has 1 atom stereocenters. The van der Waals surface area contributed by atoms with E-state index in [1.54, 1.807) is 60.7 Å². The first-order chi connectivity index (χ1) is 17.3. The topological polar surface area (TPSA) is 37.3 Å². The molecule has 1 unspecified atom stereocenters. The second kappa shape index (κ2) is 9.33. The molecule has 1 N–H and O–H groups in total. The van der Waals surface area contributed by atoms with Gasteiger partial charge in [0.15, 0.2) is 7.14 Å². The monoisotopic (exact) mass is 502 g/mol. The molecule has 0 fully saturated rings. The van der Waals surface area contributed by atoms with Crippen LogP contribution in [0.2, 0.25) is 0 Å². The molecular formula is C30H22F3O2P. The molecule has 0 aliphatic heterocycles. The lowest BCUT2D eigenvalue weighted by Gasteiger charge is -2.31. The van der Waals surface area contributed by atoms with Crippen LogP contribution in [0.3, 0.4) is 0 Å². The van der Waals surface area contributed by atoms with Crippen molar-refractivity contribution in [2.45, 2.75) is 11.8 Å². The van der Waals surface area contributed by atoms with Gasteiger partial charge in [-0.25, -0.2) is 0 Å². The third-order valence-electron chi connectivity index (χ3n) is 6.42. The first-order valence-corrected chi connectivity index (χ1v) is 13.2. The molecule has 5 rings (SSSR count). The van der Waals surface area contributed by atoms with Crippen molar-refractivity contribution >= 4 is 28.5 Å². The normalized spacial score (nSPS) is 13.0. The summed E-state index contributed by atoms with van der Waals surface area (Å²) in [5.41, 5.74) is -0.883. The number of alkyl halides is 3. The molecule has 0 saturated carbocycles. The molecule has 0 radical (unpaired) electrons. The van der Waals surface area contributed by atoms with E-state index in [1.165, 1.54) is 12.1 Å². The zero-order valence-electron chi connectivity index (χ0n) is 19.1. The van der Waals surface area contributed by atoms with Gasteiger partial charge in [-0.3, -0.25) is 0 Å². The summed E-state index contributed by atoms with van der Waals surface area (Å²) in [5.74, 6) is -0.0642. The van der Waals surface area contributed by atoms with Gasteiger partial charge in [0, 0.05) is 16.2 Å². The third kappa shape index (κ3) is 4.20. The molecule has 0 aromatic heterocycles. The molecule has 0 bridgehead atoms. The second-order valence-corrected chi connectivity index (χ2v) is 11.4. The number of phenols is 1. The molecule has 5 aromatic carbocycles. The van der Waals surface area contributed by atoms with Crippen molar-refractivity contribution in [2.75, 3.05) is 0 Å². The molecule has 6 heteroatoms. The predicted molar refractivity (Wildman–Crippen MR) is 139 cm³/mol. The number of benzene rings is 5. The summed E-state index contributed by atoms with van der Waals surface area (Å²) in [6.07, 6.45) is -4.50. The van der Waals surface area contributed by atoms with Gasteiger partial charge >= 0.3 is 6.18 Å². The number of hydrogen-bond acceptors (Lipinski definition) is 2. The van der Waals surface area contributed by atoms with Crippen LogP contribution in [0.5, 0.6) is 5.75 Å². The SMILES string of the molecule is O=P(c1ccccc1)(c1ccccc1)C(c1ccc(C(F)(F)F)cc1)c1c(O)ccc2ccccc12. The lowest BCUT2D eigenvalue weighted by molar-refractivity contribution is -0.137. The van der Waals surface area contributed by atoms with E-state index >= 15 is 4.57 Å². The molecule has 5 aromatic rings. The number of hydrogen-bond donors (Lipinski definition) is 1. The Bertz CT molecular complexity index is 1500. The quantitative estimate of drug-likeness (QED) is 0.251. The van der Waals surface area contributed by atoms with E-state index < -0.39 is 24.5 Å². The Kier molecular flexibility index (Phi) is 6.19. The molecule has 0 aliphatic rings. The Labute approximate surface area is 207 Å². The van der Waals surface area contributed by atoms with Crippen molar-refractivity contribution in [1.82, 2.24) is 0 Å². The Balaban J connectivity index is 1.88. The van der Waals surface area contributed by atoms with E-state index in [0.29, 0.717) is 27.1 Å². The number of aromatic hydroxyl groups is 1. The lowest BCUT2D eigenvalue weighted by Crippen LogP contribution is -2.22. The molecule has 2 nitrogen and oxygen atoms in total. The number of phenolic OH excluding ortho intramolecular Hbond substituents is 1. The summed E-state index contributed by atoms with van der Waals surface area (Å²) >= 11 is 0. The first kappa shape index (κ1) is 23.9. The van der Waals surface area contributed by atoms with Crippen LogP contribution in [0, 0.1) is 0 Å². The van der Waals surface area contributed by atoms with E-state index in [0.717, 1.165) is 17.5 Å². The van der Waals surface area contributed by atoms with Crippen molar-refractivity contribution in [3.63, 3.8) is 0 Å². The van der Waals surface area contributed by atoms with Crippen molar-refractivity contribution in [2.24, 2.45) is 0 Å². The van der Waals surface area contributed by atoms with Crippen molar-refractivity contribution in [3.8, 4) is 5.75 Å². The highest BCUT2D eigenvalue weighted by Crippen LogP contribution is 2.62. The summed E-state index contributed by atoms with van der Waals surface area (Å²) < 4.78 is 55.6. The summed E-state index contributed by atoms with van der Waals surface area (Å²) in [7, 11) is -3.61. The lowest BCUT2D eigenvalue weighted by atomic mass is 9.96. The molecule has 0 heterocycles. The number of rotatable bonds is 5. The highest BCUT2D eigenvalue weighted by molar-refractivity contribution is 7.79. The molecule has 0 spiro atoms. The summed E-state index contributed by atoms with van der Waals surface area (Å²) in [4.78, 5) is 0. The van der Waals surface area contributed by atoms with Crippen LogP contribution in [0.25, 0.3) is 10.8 Å². The van der Waals surface area contributed by atoms with Gasteiger partial charge < -0.3 is 9.67 Å². The second-order valence-electron chi connectivity index (χ2n) is 8.57. The van der Waals surface area contributed by atoms with Gasteiger partial charge in [-0.2, -0.15) is 13.2 Å². The van der Waals surface area contributed by atoms with Gasteiger partial charge in [0.1, 0.15) is 5.75 Å². The fourth-order valence-electron chi connectivity index (χ4n) is 4.73. The third-order valence-corrected chi connectivity index (χ3v) is 9.83. The summed E-state index contributed by atoms with van der Waals surface area (Å²) in [5, 5.41) is 13.8. The Morgan fingerprint density at radius 1 is 0.639 bits per heavy atom. The van der Waals surface area contributed by atoms with Gasteiger partial charge in [0.2, 0.25) is 0 Å². The van der Waals surface area contributed by atoms with Crippen molar-refractivity contribution in [3.05, 3.63) is 138 Å². The maximum Gasteiger partial charge on any atom is 0.416 e. The average Bonchev–Trinajstić information content (AvgIpc) is 2.91. The van der Waals surface area contributed by atoms with Crippen LogP contribution in [-0.2, 0) is 10.7 Å². The van der Waals surface area contributed by atoms with Gasteiger partial charge in [0.25, 0.3) is 0 Å². The number of halogens is 3. The van der Waals surface area contributed by atoms with Crippen LogP contribution in [-0.4, -0.2) is 5.11 Å². The zero-order valence-corrected chi connectivity index (χ0v) is 20.0. The Hall–Kier alpha value is -3.82. The smallest absolute Gasteiger partial charge is 0.416 e. The van der Waals surface area contributed by atoms with Gasteiger partial charge in [-0.1, -0.05) is 103 Å². The Morgan fingerprint density at radius 3 is 1.72 bits per heavy atom. The van der Waals surface area contributed by atoms with E-state index in [9.17, 15) is 18.3 Å². The first-order valence-electron chi connectivity index (χ1n) is 11.4. The summed E-state index contributed by atoms with van der Waals surface area (Å²) in [6, 6.07) is 33.4. The zero-order chi connectivity index (χ0) is 25.3. The minimum atomic E-state index is -4.50. The van der Waals surface area contributed by atoms with Gasteiger partial charge in [0.05, 0.1) is 11.2 Å². The van der Waals surface area contributed by atoms with Crippen molar-refractivity contribution in [1.29, 1.82) is 0 Å². The maximum atomic E-state index is 15.5. The van der Waals surface area contributed by atoms with Crippen LogP contribution < -0.4 is 10.6 Å². The average molecular weight is 502 g/mol. The van der Waals surface area contributed by atoms with Gasteiger partial charge in [-0.05, 0) is 34.5 Å². The molecular weight excluding hydrogens is 480 g/mol. The summed E-state index contributed by atoms with van der Waals surface area (Å²) in [6.45, 7) is 0. The van der Waals surface area contributed by atoms with Crippen LogP contribution in [0.1, 0.15) is 22.3 Å². The minimum Gasteiger partial charge on any atom is -0.508 e. The predicted octanol–water partition coefficient (Wildman–Crippen LogP) is 7.67. The van der Waals surface area contributed by atoms with Crippen LogP contribution in [0.15, 0.2) is 121 Å². The maximum absolute atomic E-state index is 15.5. The molecule has 0 amide bonds. The standard InChI is InChI=1S/C30H22F3O2P/c31-30(32,33)23-18-15-22(16-19-23)29(28-26-14-8-7-9-21(26)17-20-27(28)34)36(35,24-10-3-1-4-11-24)25-12-5-2-6-13-25/h1-20,29,34H. The molecule has 0 aliphatic carbocycles. The van der Waals surface area contributed by atoms with Crippen molar-refractivity contribution < 1.29 is 22.8 Å². The molecule has 180 valence electrons. The molecule has 36 heavy (non-hydrogen) atoms.